The lowest BCUT2D eigenvalue weighted by atomic mass is 10.1. The molecule has 18 heavy (non-hydrogen) atoms. The SMILES string of the molecule is O=C(c1ccc2c(c1)OCO2)N1CCC[C@@H](O)C1. The van der Waals surface area contributed by atoms with Gasteiger partial charge in [0.05, 0.1) is 6.10 Å². The van der Waals surface area contributed by atoms with Crippen molar-refractivity contribution in [1.82, 2.24) is 4.90 Å². The summed E-state index contributed by atoms with van der Waals surface area (Å²) < 4.78 is 10.5. The molecule has 0 unspecified atom stereocenters. The lowest BCUT2D eigenvalue weighted by Crippen LogP contribution is -2.42. The molecule has 1 N–H and O–H groups in total. The summed E-state index contributed by atoms with van der Waals surface area (Å²) in [5.41, 5.74) is 0.577. The molecule has 3 rings (SSSR count). The predicted molar refractivity (Wildman–Crippen MR) is 63.7 cm³/mol. The van der Waals surface area contributed by atoms with Gasteiger partial charge < -0.3 is 19.5 Å². The molecular weight excluding hydrogens is 234 g/mol. The van der Waals surface area contributed by atoms with E-state index in [9.17, 15) is 9.90 Å². The fourth-order valence-corrected chi connectivity index (χ4v) is 2.35. The van der Waals surface area contributed by atoms with Crippen molar-refractivity contribution >= 4 is 5.91 Å². The summed E-state index contributed by atoms with van der Waals surface area (Å²) in [6.07, 6.45) is 1.21. The first-order valence-electron chi connectivity index (χ1n) is 6.11. The van der Waals surface area contributed by atoms with Crippen molar-refractivity contribution in [3.8, 4) is 11.5 Å². The van der Waals surface area contributed by atoms with Gasteiger partial charge in [-0.1, -0.05) is 0 Å². The number of fused-ring (bicyclic) bond motifs is 1. The Hall–Kier alpha value is -1.75. The molecule has 0 bridgehead atoms. The number of amides is 1. The second-order valence-corrected chi connectivity index (χ2v) is 4.62. The minimum absolute atomic E-state index is 0.0629. The van der Waals surface area contributed by atoms with Crippen molar-refractivity contribution in [3.63, 3.8) is 0 Å². The number of hydrogen-bond acceptors (Lipinski definition) is 4. The van der Waals surface area contributed by atoms with Crippen molar-refractivity contribution < 1.29 is 19.4 Å². The molecule has 0 radical (unpaired) electrons. The van der Waals surface area contributed by atoms with Crippen molar-refractivity contribution in [1.29, 1.82) is 0 Å². The second kappa shape index (κ2) is 4.49. The predicted octanol–water partition coefficient (Wildman–Crippen LogP) is 1.01. The minimum Gasteiger partial charge on any atom is -0.454 e. The van der Waals surface area contributed by atoms with Crippen LogP contribution in [0.3, 0.4) is 0 Å². The molecule has 5 heteroatoms. The molecule has 96 valence electrons. The van der Waals surface area contributed by atoms with E-state index in [1.165, 1.54) is 0 Å². The quantitative estimate of drug-likeness (QED) is 0.807. The second-order valence-electron chi connectivity index (χ2n) is 4.62. The molecule has 1 aromatic carbocycles. The van der Waals surface area contributed by atoms with Crippen molar-refractivity contribution in [2.75, 3.05) is 19.9 Å². The van der Waals surface area contributed by atoms with E-state index in [1.807, 2.05) is 0 Å². The molecule has 0 spiro atoms. The van der Waals surface area contributed by atoms with E-state index >= 15 is 0 Å². The fourth-order valence-electron chi connectivity index (χ4n) is 2.35. The highest BCUT2D eigenvalue weighted by atomic mass is 16.7. The van der Waals surface area contributed by atoms with Gasteiger partial charge in [-0.05, 0) is 31.0 Å². The average Bonchev–Trinajstić information content (AvgIpc) is 2.85. The van der Waals surface area contributed by atoms with Gasteiger partial charge in [0.15, 0.2) is 11.5 Å². The molecule has 1 amide bonds. The van der Waals surface area contributed by atoms with Crippen LogP contribution in [0.25, 0.3) is 0 Å². The van der Waals surface area contributed by atoms with Crippen LogP contribution in [0.1, 0.15) is 23.2 Å². The topological polar surface area (TPSA) is 59.0 Å². The summed E-state index contributed by atoms with van der Waals surface area (Å²) in [4.78, 5) is 13.9. The van der Waals surface area contributed by atoms with Crippen LogP contribution in [0, 0.1) is 0 Å². The van der Waals surface area contributed by atoms with Gasteiger partial charge in [-0.25, -0.2) is 0 Å². The van der Waals surface area contributed by atoms with Crippen LogP contribution in [0.5, 0.6) is 11.5 Å². The molecule has 1 fully saturated rings. The molecule has 2 aliphatic rings. The zero-order valence-corrected chi connectivity index (χ0v) is 9.96. The van der Waals surface area contributed by atoms with Crippen LogP contribution >= 0.6 is 0 Å². The zero-order valence-electron chi connectivity index (χ0n) is 9.96. The van der Waals surface area contributed by atoms with E-state index in [1.54, 1.807) is 23.1 Å². The summed E-state index contributed by atoms with van der Waals surface area (Å²) in [5, 5.41) is 9.59. The molecule has 5 nitrogen and oxygen atoms in total. The van der Waals surface area contributed by atoms with Gasteiger partial charge in [-0.2, -0.15) is 0 Å². The number of nitrogens with zero attached hydrogens (tertiary/aromatic N) is 1. The third-order valence-electron chi connectivity index (χ3n) is 3.30. The summed E-state index contributed by atoms with van der Waals surface area (Å²) in [7, 11) is 0. The van der Waals surface area contributed by atoms with E-state index in [2.05, 4.69) is 0 Å². The maximum atomic E-state index is 12.3. The Morgan fingerprint density at radius 3 is 3.00 bits per heavy atom. The zero-order chi connectivity index (χ0) is 12.5. The number of carbonyl (C=O) groups excluding carboxylic acids is 1. The minimum atomic E-state index is -0.406. The van der Waals surface area contributed by atoms with Crippen LogP contribution in [-0.2, 0) is 0 Å². The van der Waals surface area contributed by atoms with Crippen molar-refractivity contribution in [2.24, 2.45) is 0 Å². The Bertz CT molecular complexity index is 474. The highest BCUT2D eigenvalue weighted by molar-refractivity contribution is 5.95. The van der Waals surface area contributed by atoms with Gasteiger partial charge in [0.1, 0.15) is 0 Å². The molecule has 1 aromatic rings. The molecular formula is C13H15NO4. The first-order chi connectivity index (χ1) is 8.74. The smallest absolute Gasteiger partial charge is 0.254 e. The first kappa shape index (κ1) is 11.3. The number of hydrogen-bond donors (Lipinski definition) is 1. The van der Waals surface area contributed by atoms with Crippen LogP contribution in [0.4, 0.5) is 0 Å². The summed E-state index contributed by atoms with van der Waals surface area (Å²) >= 11 is 0. The lowest BCUT2D eigenvalue weighted by Gasteiger charge is -2.30. The number of piperidine rings is 1. The van der Waals surface area contributed by atoms with Gasteiger partial charge in [-0.15, -0.1) is 0 Å². The van der Waals surface area contributed by atoms with Crippen LogP contribution in [-0.4, -0.2) is 41.9 Å². The molecule has 1 atom stereocenters. The van der Waals surface area contributed by atoms with Crippen LogP contribution in [0.2, 0.25) is 0 Å². The van der Waals surface area contributed by atoms with Crippen molar-refractivity contribution in [2.45, 2.75) is 18.9 Å². The maximum absolute atomic E-state index is 12.3. The van der Waals surface area contributed by atoms with E-state index in [4.69, 9.17) is 9.47 Å². The number of β-amino-alcohol motifs (C(OH)–C–C–N with tert-alkyl or cyclic N) is 1. The Morgan fingerprint density at radius 1 is 1.33 bits per heavy atom. The van der Waals surface area contributed by atoms with E-state index in [0.717, 1.165) is 12.8 Å². The number of rotatable bonds is 1. The standard InChI is InChI=1S/C13H15NO4/c15-10-2-1-5-14(7-10)13(16)9-3-4-11-12(6-9)18-8-17-11/h3-4,6,10,15H,1-2,5,7-8H2/t10-/m1/s1. The van der Waals surface area contributed by atoms with E-state index < -0.39 is 6.10 Å². The van der Waals surface area contributed by atoms with Gasteiger partial charge in [0.2, 0.25) is 6.79 Å². The largest absolute Gasteiger partial charge is 0.454 e. The molecule has 2 heterocycles. The number of benzene rings is 1. The normalized spacial score (nSPS) is 22.1. The number of aliphatic hydroxyl groups excluding tert-OH is 1. The lowest BCUT2D eigenvalue weighted by molar-refractivity contribution is 0.0473. The third kappa shape index (κ3) is 2.01. The maximum Gasteiger partial charge on any atom is 0.254 e. The number of likely N-dealkylation sites (tertiary alicyclic amines) is 1. The highest BCUT2D eigenvalue weighted by Gasteiger charge is 2.24. The van der Waals surface area contributed by atoms with Crippen LogP contribution in [0.15, 0.2) is 18.2 Å². The third-order valence-corrected chi connectivity index (χ3v) is 3.30. The fraction of sp³-hybridized carbons (Fsp3) is 0.462. The Balaban J connectivity index is 1.79. The molecule has 0 aromatic heterocycles. The summed E-state index contributed by atoms with van der Waals surface area (Å²) in [6, 6.07) is 5.18. The van der Waals surface area contributed by atoms with Gasteiger partial charge >= 0.3 is 0 Å². The highest BCUT2D eigenvalue weighted by Crippen LogP contribution is 2.33. The van der Waals surface area contributed by atoms with Gasteiger partial charge in [-0.3, -0.25) is 4.79 Å². The molecule has 0 aliphatic carbocycles. The summed E-state index contributed by atoms with van der Waals surface area (Å²) in [5.74, 6) is 1.22. The van der Waals surface area contributed by atoms with E-state index in [-0.39, 0.29) is 12.7 Å². The number of carbonyl (C=O) groups is 1. The van der Waals surface area contributed by atoms with Crippen molar-refractivity contribution in [3.05, 3.63) is 23.8 Å². The Labute approximate surface area is 105 Å². The molecule has 0 saturated carbocycles. The molecule has 2 aliphatic heterocycles. The van der Waals surface area contributed by atoms with Crippen LogP contribution < -0.4 is 9.47 Å². The number of aliphatic hydroxyl groups is 1. The average molecular weight is 249 g/mol. The van der Waals surface area contributed by atoms with Gasteiger partial charge in [0, 0.05) is 18.7 Å². The van der Waals surface area contributed by atoms with E-state index in [0.29, 0.717) is 30.2 Å². The summed E-state index contributed by atoms with van der Waals surface area (Å²) in [6.45, 7) is 1.31. The monoisotopic (exact) mass is 249 g/mol. The molecule has 1 saturated heterocycles. The van der Waals surface area contributed by atoms with Gasteiger partial charge in [0.25, 0.3) is 5.91 Å². The first-order valence-corrected chi connectivity index (χ1v) is 6.11. The number of ether oxygens (including phenoxy) is 2. The Morgan fingerprint density at radius 2 is 2.17 bits per heavy atom. The Kier molecular flexibility index (Phi) is 2.83.